The standard InChI is InChI=1S/C17H22O2/c1-2-12-3-5-13(6-4-12)14-7-9-15(10-8-14)16-11-17(18)19-16/h3-6,14-16H,2,7-11H2,1H3. The molecule has 2 heteroatoms. The van der Waals surface area contributed by atoms with E-state index in [0.29, 0.717) is 18.3 Å². The first-order chi connectivity index (χ1) is 9.26. The van der Waals surface area contributed by atoms with Crippen molar-refractivity contribution < 1.29 is 9.53 Å². The summed E-state index contributed by atoms with van der Waals surface area (Å²) in [6.45, 7) is 2.19. The summed E-state index contributed by atoms with van der Waals surface area (Å²) in [7, 11) is 0. The topological polar surface area (TPSA) is 26.3 Å². The van der Waals surface area contributed by atoms with E-state index in [0.717, 1.165) is 6.42 Å². The molecule has 2 nitrogen and oxygen atoms in total. The lowest BCUT2D eigenvalue weighted by atomic mass is 9.75. The monoisotopic (exact) mass is 258 g/mol. The number of aryl methyl sites for hydroxylation is 1. The third-order valence-electron chi connectivity index (χ3n) is 4.81. The minimum absolute atomic E-state index is 0.0118. The highest BCUT2D eigenvalue weighted by Crippen LogP contribution is 2.40. The van der Waals surface area contributed by atoms with Crippen molar-refractivity contribution in [2.75, 3.05) is 0 Å². The van der Waals surface area contributed by atoms with Gasteiger partial charge in [-0.05, 0) is 55.1 Å². The van der Waals surface area contributed by atoms with Crippen LogP contribution in [0.4, 0.5) is 0 Å². The van der Waals surface area contributed by atoms with Gasteiger partial charge >= 0.3 is 5.97 Å². The summed E-state index contributed by atoms with van der Waals surface area (Å²) in [4.78, 5) is 10.9. The molecule has 0 aromatic heterocycles. The normalized spacial score (nSPS) is 30.6. The minimum Gasteiger partial charge on any atom is -0.461 e. The Hall–Kier alpha value is -1.31. The molecule has 0 N–H and O–H groups in total. The molecule has 1 unspecified atom stereocenters. The van der Waals surface area contributed by atoms with Gasteiger partial charge in [0.2, 0.25) is 0 Å². The van der Waals surface area contributed by atoms with Crippen molar-refractivity contribution >= 4 is 5.97 Å². The van der Waals surface area contributed by atoms with Crippen LogP contribution in [0.15, 0.2) is 24.3 Å². The Morgan fingerprint density at radius 3 is 2.26 bits per heavy atom. The van der Waals surface area contributed by atoms with Crippen molar-refractivity contribution in [2.45, 2.75) is 57.5 Å². The maximum absolute atomic E-state index is 10.9. The van der Waals surface area contributed by atoms with E-state index in [1.807, 2.05) is 0 Å². The molecule has 0 spiro atoms. The van der Waals surface area contributed by atoms with E-state index in [-0.39, 0.29) is 12.1 Å². The van der Waals surface area contributed by atoms with Gasteiger partial charge in [0.1, 0.15) is 6.10 Å². The molecule has 1 saturated heterocycles. The van der Waals surface area contributed by atoms with Gasteiger partial charge in [0.15, 0.2) is 0 Å². The van der Waals surface area contributed by atoms with Crippen molar-refractivity contribution in [3.63, 3.8) is 0 Å². The second-order valence-electron chi connectivity index (χ2n) is 5.94. The Morgan fingerprint density at radius 1 is 1.11 bits per heavy atom. The first-order valence-electron chi connectivity index (χ1n) is 7.54. The lowest BCUT2D eigenvalue weighted by Gasteiger charge is -2.37. The zero-order valence-electron chi connectivity index (χ0n) is 11.6. The zero-order chi connectivity index (χ0) is 13.2. The molecule has 102 valence electrons. The maximum Gasteiger partial charge on any atom is 0.309 e. The lowest BCUT2D eigenvalue weighted by Crippen LogP contribution is -2.40. The zero-order valence-corrected chi connectivity index (χ0v) is 11.6. The molecule has 0 bridgehead atoms. The number of rotatable bonds is 3. The molecular formula is C17H22O2. The largest absolute Gasteiger partial charge is 0.461 e. The van der Waals surface area contributed by atoms with Crippen molar-refractivity contribution in [1.82, 2.24) is 0 Å². The molecule has 1 aliphatic carbocycles. The predicted molar refractivity (Wildman–Crippen MR) is 75.0 cm³/mol. The molecular weight excluding hydrogens is 236 g/mol. The van der Waals surface area contributed by atoms with Crippen LogP contribution >= 0.6 is 0 Å². The highest BCUT2D eigenvalue weighted by molar-refractivity contribution is 5.75. The van der Waals surface area contributed by atoms with Gasteiger partial charge in [0, 0.05) is 0 Å². The van der Waals surface area contributed by atoms with Crippen molar-refractivity contribution in [3.8, 4) is 0 Å². The molecule has 0 radical (unpaired) electrons. The van der Waals surface area contributed by atoms with Gasteiger partial charge in [-0.2, -0.15) is 0 Å². The highest BCUT2D eigenvalue weighted by atomic mass is 16.6. The molecule has 1 saturated carbocycles. The quantitative estimate of drug-likeness (QED) is 0.770. The fourth-order valence-corrected chi connectivity index (χ4v) is 3.44. The number of hydrogen-bond acceptors (Lipinski definition) is 2. The van der Waals surface area contributed by atoms with Gasteiger partial charge in [-0.25, -0.2) is 0 Å². The Labute approximate surface area is 115 Å². The molecule has 2 fully saturated rings. The Morgan fingerprint density at radius 2 is 1.74 bits per heavy atom. The third-order valence-corrected chi connectivity index (χ3v) is 4.81. The van der Waals surface area contributed by atoms with Gasteiger partial charge in [0.25, 0.3) is 0 Å². The molecule has 0 amide bonds. The number of esters is 1. The van der Waals surface area contributed by atoms with Crippen LogP contribution in [-0.4, -0.2) is 12.1 Å². The molecule has 1 heterocycles. The fourth-order valence-electron chi connectivity index (χ4n) is 3.44. The maximum atomic E-state index is 10.9. The SMILES string of the molecule is CCc1ccc(C2CCC(C3CC(=O)O3)CC2)cc1. The van der Waals surface area contributed by atoms with E-state index in [9.17, 15) is 4.79 Å². The Kier molecular flexibility index (Phi) is 3.58. The molecule has 1 atom stereocenters. The van der Waals surface area contributed by atoms with Gasteiger partial charge in [-0.15, -0.1) is 0 Å². The average molecular weight is 258 g/mol. The summed E-state index contributed by atoms with van der Waals surface area (Å²) < 4.78 is 5.21. The van der Waals surface area contributed by atoms with Gasteiger partial charge in [-0.3, -0.25) is 4.79 Å². The highest BCUT2D eigenvalue weighted by Gasteiger charge is 2.37. The second-order valence-corrected chi connectivity index (χ2v) is 5.94. The summed E-state index contributed by atoms with van der Waals surface area (Å²) in [5, 5.41) is 0. The summed E-state index contributed by atoms with van der Waals surface area (Å²) >= 11 is 0. The predicted octanol–water partition coefficient (Wildman–Crippen LogP) is 3.84. The summed E-state index contributed by atoms with van der Waals surface area (Å²) in [5.74, 6) is 1.31. The van der Waals surface area contributed by atoms with E-state index in [4.69, 9.17) is 4.74 Å². The molecule has 1 aromatic carbocycles. The van der Waals surface area contributed by atoms with Crippen LogP contribution in [0.1, 0.15) is 56.1 Å². The van der Waals surface area contributed by atoms with Crippen LogP contribution < -0.4 is 0 Å². The van der Waals surface area contributed by atoms with Crippen molar-refractivity contribution in [3.05, 3.63) is 35.4 Å². The van der Waals surface area contributed by atoms with Crippen LogP contribution in [0.3, 0.4) is 0 Å². The summed E-state index contributed by atoms with van der Waals surface area (Å²) in [5.41, 5.74) is 2.90. The van der Waals surface area contributed by atoms with Gasteiger partial charge < -0.3 is 4.74 Å². The minimum atomic E-state index is -0.0118. The summed E-state index contributed by atoms with van der Waals surface area (Å²) in [6, 6.07) is 9.12. The number of carbonyl (C=O) groups excluding carboxylic acids is 1. The third kappa shape index (κ3) is 2.68. The molecule has 1 aliphatic heterocycles. The van der Waals surface area contributed by atoms with Crippen LogP contribution in [0.2, 0.25) is 0 Å². The van der Waals surface area contributed by atoms with Crippen LogP contribution in [0, 0.1) is 5.92 Å². The lowest BCUT2D eigenvalue weighted by molar-refractivity contribution is -0.176. The van der Waals surface area contributed by atoms with Crippen molar-refractivity contribution in [1.29, 1.82) is 0 Å². The number of hydrogen-bond donors (Lipinski definition) is 0. The van der Waals surface area contributed by atoms with Crippen molar-refractivity contribution in [2.24, 2.45) is 5.92 Å². The van der Waals surface area contributed by atoms with E-state index in [2.05, 4.69) is 31.2 Å². The molecule has 1 aromatic rings. The van der Waals surface area contributed by atoms with Crippen LogP contribution in [0.25, 0.3) is 0 Å². The second kappa shape index (κ2) is 5.36. The van der Waals surface area contributed by atoms with E-state index in [1.54, 1.807) is 0 Å². The molecule has 19 heavy (non-hydrogen) atoms. The van der Waals surface area contributed by atoms with E-state index < -0.39 is 0 Å². The molecule has 3 rings (SSSR count). The van der Waals surface area contributed by atoms with Crippen LogP contribution in [-0.2, 0) is 16.0 Å². The first kappa shape index (κ1) is 12.7. The number of benzene rings is 1. The van der Waals surface area contributed by atoms with Crippen LogP contribution in [0.5, 0.6) is 0 Å². The smallest absolute Gasteiger partial charge is 0.309 e. The van der Waals surface area contributed by atoms with E-state index in [1.165, 1.54) is 36.8 Å². The Bertz CT molecular complexity index is 433. The first-order valence-corrected chi connectivity index (χ1v) is 7.54. The van der Waals surface area contributed by atoms with E-state index >= 15 is 0 Å². The fraction of sp³-hybridized carbons (Fsp3) is 0.588. The van der Waals surface area contributed by atoms with Gasteiger partial charge in [0.05, 0.1) is 6.42 Å². The number of carbonyl (C=O) groups is 1. The Balaban J connectivity index is 1.55. The summed E-state index contributed by atoms with van der Waals surface area (Å²) in [6.07, 6.45) is 6.89. The number of ether oxygens (including phenoxy) is 1. The number of cyclic esters (lactones) is 1. The van der Waals surface area contributed by atoms with Gasteiger partial charge in [-0.1, -0.05) is 31.2 Å². The average Bonchev–Trinajstić information content (AvgIpc) is 2.44. The molecule has 2 aliphatic rings.